The summed E-state index contributed by atoms with van der Waals surface area (Å²) >= 11 is 0. The molecule has 0 aromatic heterocycles. The van der Waals surface area contributed by atoms with Crippen molar-refractivity contribution in [2.45, 2.75) is 19.8 Å². The first-order valence-electron chi connectivity index (χ1n) is 10.3. The molecule has 0 radical (unpaired) electrons. The summed E-state index contributed by atoms with van der Waals surface area (Å²) in [6.07, 6.45) is 2.34. The van der Waals surface area contributed by atoms with Gasteiger partial charge >= 0.3 is 0 Å². The number of nitriles is 1. The maximum atomic E-state index is 9.12. The minimum Gasteiger partial charge on any atom is -0.493 e. The quantitative estimate of drug-likeness (QED) is 0.626. The molecule has 3 heteroatoms. The molecule has 4 rings (SSSR count). The van der Waals surface area contributed by atoms with Gasteiger partial charge in [0.15, 0.2) is 0 Å². The second kappa shape index (κ2) is 8.94. The van der Waals surface area contributed by atoms with E-state index in [9.17, 15) is 0 Å². The lowest BCUT2D eigenvalue weighted by molar-refractivity contribution is 0.215. The van der Waals surface area contributed by atoms with Gasteiger partial charge in [-0.3, -0.25) is 0 Å². The van der Waals surface area contributed by atoms with Gasteiger partial charge in [-0.2, -0.15) is 5.26 Å². The molecular formula is C26H26N2O. The molecule has 1 heterocycles. The monoisotopic (exact) mass is 382 g/mol. The highest BCUT2D eigenvalue weighted by molar-refractivity contribution is 5.84. The number of hydrogen-bond acceptors (Lipinski definition) is 3. The summed E-state index contributed by atoms with van der Waals surface area (Å²) in [7, 11) is 0. The average molecular weight is 383 g/mol. The Hall–Kier alpha value is -3.09. The highest BCUT2D eigenvalue weighted by Crippen LogP contribution is 2.35. The lowest BCUT2D eigenvalue weighted by atomic mass is 9.93. The lowest BCUT2D eigenvalue weighted by Crippen LogP contribution is -2.30. The Morgan fingerprint density at radius 1 is 0.897 bits per heavy atom. The Labute approximate surface area is 173 Å². The maximum Gasteiger partial charge on any atom is 0.119 e. The van der Waals surface area contributed by atoms with E-state index in [-0.39, 0.29) is 0 Å². The fourth-order valence-corrected chi connectivity index (χ4v) is 3.82. The summed E-state index contributed by atoms with van der Waals surface area (Å²) in [6, 6.07) is 24.9. The van der Waals surface area contributed by atoms with Crippen LogP contribution in [0.25, 0.3) is 22.3 Å². The van der Waals surface area contributed by atoms with E-state index in [1.54, 1.807) is 0 Å². The van der Waals surface area contributed by atoms with E-state index in [1.807, 2.05) is 24.3 Å². The average Bonchev–Trinajstić information content (AvgIpc) is 2.79. The van der Waals surface area contributed by atoms with Crippen LogP contribution in [0.3, 0.4) is 0 Å². The molecule has 1 aliphatic heterocycles. The van der Waals surface area contributed by atoms with E-state index >= 15 is 0 Å². The van der Waals surface area contributed by atoms with Gasteiger partial charge in [0.05, 0.1) is 18.2 Å². The standard InChI is InChI=1S/C26H26N2O/c1-19-2-6-22(7-3-19)25-11-10-24(29-18-21-12-14-28-15-13-21)16-26(25)23-8-4-20(17-27)5-9-23/h2-11,16,21,28H,12-15,18H2,1H3. The molecular weight excluding hydrogens is 356 g/mol. The highest BCUT2D eigenvalue weighted by atomic mass is 16.5. The molecule has 0 spiro atoms. The molecule has 1 N–H and O–H groups in total. The van der Waals surface area contributed by atoms with E-state index < -0.39 is 0 Å². The number of hydrogen-bond donors (Lipinski definition) is 1. The largest absolute Gasteiger partial charge is 0.493 e. The normalized spacial score (nSPS) is 14.3. The minimum absolute atomic E-state index is 0.617. The van der Waals surface area contributed by atoms with Gasteiger partial charge in [-0.25, -0.2) is 0 Å². The van der Waals surface area contributed by atoms with E-state index in [1.165, 1.54) is 29.5 Å². The second-order valence-corrected chi connectivity index (χ2v) is 7.77. The Bertz CT molecular complexity index is 994. The fraction of sp³-hybridized carbons (Fsp3) is 0.269. The third-order valence-electron chi connectivity index (χ3n) is 5.62. The van der Waals surface area contributed by atoms with Crippen molar-refractivity contribution in [3.05, 3.63) is 77.9 Å². The van der Waals surface area contributed by atoms with Crippen LogP contribution in [0.4, 0.5) is 0 Å². The molecule has 146 valence electrons. The van der Waals surface area contributed by atoms with Crippen molar-refractivity contribution in [1.29, 1.82) is 5.26 Å². The topological polar surface area (TPSA) is 45.0 Å². The van der Waals surface area contributed by atoms with E-state index in [4.69, 9.17) is 10.00 Å². The zero-order valence-corrected chi connectivity index (χ0v) is 16.8. The van der Waals surface area contributed by atoms with Gasteiger partial charge in [-0.15, -0.1) is 0 Å². The zero-order valence-electron chi connectivity index (χ0n) is 16.8. The van der Waals surface area contributed by atoms with Crippen molar-refractivity contribution in [3.63, 3.8) is 0 Å². The number of piperidine rings is 1. The van der Waals surface area contributed by atoms with Gasteiger partial charge in [0.1, 0.15) is 5.75 Å². The number of rotatable bonds is 5. The van der Waals surface area contributed by atoms with Crippen LogP contribution in [0, 0.1) is 24.2 Å². The molecule has 0 bridgehead atoms. The number of benzene rings is 3. The molecule has 0 atom stereocenters. The maximum absolute atomic E-state index is 9.12. The highest BCUT2D eigenvalue weighted by Gasteiger charge is 2.15. The van der Waals surface area contributed by atoms with Crippen LogP contribution in [0.15, 0.2) is 66.7 Å². The molecule has 3 aromatic rings. The SMILES string of the molecule is Cc1ccc(-c2ccc(OCC3CCNCC3)cc2-c2ccc(C#N)cc2)cc1. The van der Waals surface area contributed by atoms with Crippen molar-refractivity contribution in [1.82, 2.24) is 5.32 Å². The molecule has 1 saturated heterocycles. The summed E-state index contributed by atoms with van der Waals surface area (Å²) < 4.78 is 6.18. The van der Waals surface area contributed by atoms with Crippen molar-refractivity contribution < 1.29 is 4.74 Å². The van der Waals surface area contributed by atoms with E-state index in [0.717, 1.165) is 36.6 Å². The van der Waals surface area contributed by atoms with Crippen LogP contribution < -0.4 is 10.1 Å². The van der Waals surface area contributed by atoms with Crippen LogP contribution in [0.1, 0.15) is 24.0 Å². The Morgan fingerprint density at radius 3 is 2.24 bits per heavy atom. The van der Waals surface area contributed by atoms with Crippen LogP contribution >= 0.6 is 0 Å². The van der Waals surface area contributed by atoms with Gasteiger partial charge in [-0.05, 0) is 85.3 Å². The van der Waals surface area contributed by atoms with Crippen molar-refractivity contribution in [2.24, 2.45) is 5.92 Å². The second-order valence-electron chi connectivity index (χ2n) is 7.77. The van der Waals surface area contributed by atoms with Crippen LogP contribution in [0.5, 0.6) is 5.75 Å². The number of ether oxygens (including phenoxy) is 1. The number of aryl methyl sites for hydroxylation is 1. The van der Waals surface area contributed by atoms with Crippen molar-refractivity contribution >= 4 is 0 Å². The smallest absolute Gasteiger partial charge is 0.119 e. The van der Waals surface area contributed by atoms with Crippen LogP contribution in [-0.2, 0) is 0 Å². The molecule has 3 aromatic carbocycles. The predicted octanol–water partition coefficient (Wildman–Crippen LogP) is 5.58. The predicted molar refractivity (Wildman–Crippen MR) is 118 cm³/mol. The molecule has 0 amide bonds. The molecule has 0 saturated carbocycles. The molecule has 29 heavy (non-hydrogen) atoms. The Morgan fingerprint density at radius 2 is 1.55 bits per heavy atom. The molecule has 0 unspecified atom stereocenters. The first kappa shape index (κ1) is 19.2. The van der Waals surface area contributed by atoms with Crippen LogP contribution in [-0.4, -0.2) is 19.7 Å². The molecule has 1 aliphatic rings. The summed E-state index contributed by atoms with van der Waals surface area (Å²) in [5.74, 6) is 1.52. The third kappa shape index (κ3) is 4.67. The lowest BCUT2D eigenvalue weighted by Gasteiger charge is -2.23. The summed E-state index contributed by atoms with van der Waals surface area (Å²) in [5.41, 5.74) is 6.48. The number of nitrogens with zero attached hydrogens (tertiary/aromatic N) is 1. The molecule has 3 nitrogen and oxygen atoms in total. The van der Waals surface area contributed by atoms with Gasteiger partial charge in [-0.1, -0.05) is 48.0 Å². The zero-order chi connectivity index (χ0) is 20.1. The van der Waals surface area contributed by atoms with Crippen LogP contribution in [0.2, 0.25) is 0 Å². The first-order valence-corrected chi connectivity index (χ1v) is 10.3. The van der Waals surface area contributed by atoms with Gasteiger partial charge in [0.25, 0.3) is 0 Å². The third-order valence-corrected chi connectivity index (χ3v) is 5.62. The van der Waals surface area contributed by atoms with E-state index in [0.29, 0.717) is 11.5 Å². The van der Waals surface area contributed by atoms with E-state index in [2.05, 4.69) is 60.8 Å². The van der Waals surface area contributed by atoms with Crippen molar-refractivity contribution in [2.75, 3.05) is 19.7 Å². The van der Waals surface area contributed by atoms with Gasteiger partial charge in [0.2, 0.25) is 0 Å². The van der Waals surface area contributed by atoms with Gasteiger partial charge in [0, 0.05) is 0 Å². The summed E-state index contributed by atoms with van der Waals surface area (Å²) in [6.45, 7) is 5.02. The fourth-order valence-electron chi connectivity index (χ4n) is 3.82. The first-order chi connectivity index (χ1) is 14.2. The van der Waals surface area contributed by atoms with Gasteiger partial charge < -0.3 is 10.1 Å². The molecule has 0 aliphatic carbocycles. The summed E-state index contributed by atoms with van der Waals surface area (Å²) in [5, 5.41) is 12.5. The Kier molecular flexibility index (Phi) is 5.93. The minimum atomic E-state index is 0.617. The van der Waals surface area contributed by atoms with Crippen molar-refractivity contribution in [3.8, 4) is 34.1 Å². The summed E-state index contributed by atoms with van der Waals surface area (Å²) in [4.78, 5) is 0. The Balaban J connectivity index is 1.66. The molecule has 1 fully saturated rings. The number of nitrogens with one attached hydrogen (secondary N) is 1.